The third-order valence-electron chi connectivity index (χ3n) is 2.55. The minimum Gasteiger partial charge on any atom is -0.306 e. The van der Waals surface area contributed by atoms with Gasteiger partial charge in [0.25, 0.3) is 10.1 Å². The molecule has 0 atom stereocenters. The Bertz CT molecular complexity index is 400. The van der Waals surface area contributed by atoms with Gasteiger partial charge in [-0.25, -0.2) is 0 Å². The summed E-state index contributed by atoms with van der Waals surface area (Å²) in [6.45, 7) is 1.84. The fourth-order valence-corrected chi connectivity index (χ4v) is 2.80. The van der Waals surface area contributed by atoms with Crippen LogP contribution in [0.3, 0.4) is 0 Å². The highest BCUT2D eigenvalue weighted by molar-refractivity contribution is 7.85. The van der Waals surface area contributed by atoms with E-state index in [0.29, 0.717) is 6.42 Å². The molecule has 1 aromatic rings. The lowest BCUT2D eigenvalue weighted by molar-refractivity contribution is 0.332. The Morgan fingerprint density at radius 1 is 1.35 bits per heavy atom. The summed E-state index contributed by atoms with van der Waals surface area (Å²) < 4.78 is 29.6. The molecule has 0 bridgehead atoms. The molecule has 0 aliphatic heterocycles. The molecule has 0 spiro atoms. The van der Waals surface area contributed by atoms with Crippen LogP contribution >= 0.6 is 11.3 Å². The first kappa shape index (κ1) is 14.6. The van der Waals surface area contributed by atoms with E-state index in [-0.39, 0.29) is 5.75 Å². The van der Waals surface area contributed by atoms with E-state index in [0.717, 1.165) is 25.9 Å². The standard InChI is InChI=1S/C11H19NO3S2/c1-12(6-2-3-9-17(13,14)15)7-4-11-5-8-16-10-11/h5,8,10H,2-4,6-7,9H2,1H3,(H,13,14,15). The maximum atomic E-state index is 10.5. The fraction of sp³-hybridized carbons (Fsp3) is 0.636. The SMILES string of the molecule is CN(CCCCS(=O)(=O)O)CCc1ccsc1. The van der Waals surface area contributed by atoms with Crippen molar-refractivity contribution in [3.63, 3.8) is 0 Å². The second-order valence-electron chi connectivity index (χ2n) is 4.18. The highest BCUT2D eigenvalue weighted by Gasteiger charge is 2.05. The maximum absolute atomic E-state index is 10.5. The quantitative estimate of drug-likeness (QED) is 0.582. The molecule has 1 rings (SSSR count). The van der Waals surface area contributed by atoms with Crippen LogP contribution < -0.4 is 0 Å². The van der Waals surface area contributed by atoms with Crippen LogP contribution in [0.25, 0.3) is 0 Å². The van der Waals surface area contributed by atoms with Gasteiger partial charge in [0.2, 0.25) is 0 Å². The first-order valence-corrected chi connectivity index (χ1v) is 8.17. The number of hydrogen-bond acceptors (Lipinski definition) is 4. The van der Waals surface area contributed by atoms with Crippen molar-refractivity contribution in [2.45, 2.75) is 19.3 Å². The topological polar surface area (TPSA) is 57.6 Å². The monoisotopic (exact) mass is 277 g/mol. The van der Waals surface area contributed by atoms with Gasteiger partial charge < -0.3 is 4.90 Å². The number of likely N-dealkylation sites (N-methyl/N-ethyl adjacent to an activating group) is 1. The zero-order valence-electron chi connectivity index (χ0n) is 10.0. The lowest BCUT2D eigenvalue weighted by Gasteiger charge is -2.15. The summed E-state index contributed by atoms with van der Waals surface area (Å²) in [4.78, 5) is 2.18. The van der Waals surface area contributed by atoms with Crippen LogP contribution in [0.15, 0.2) is 16.8 Å². The normalized spacial score (nSPS) is 12.2. The summed E-state index contributed by atoms with van der Waals surface area (Å²) in [6.07, 6.45) is 2.33. The lowest BCUT2D eigenvalue weighted by Crippen LogP contribution is -2.22. The number of nitrogens with zero attached hydrogens (tertiary/aromatic N) is 1. The lowest BCUT2D eigenvalue weighted by atomic mass is 10.2. The fourth-order valence-electron chi connectivity index (χ4n) is 1.53. The molecule has 1 N–H and O–H groups in total. The Morgan fingerprint density at radius 3 is 2.71 bits per heavy atom. The summed E-state index contributed by atoms with van der Waals surface area (Å²) >= 11 is 1.70. The van der Waals surface area contributed by atoms with E-state index in [1.54, 1.807) is 11.3 Å². The van der Waals surface area contributed by atoms with Gasteiger partial charge in [-0.1, -0.05) is 0 Å². The van der Waals surface area contributed by atoms with Crippen molar-refractivity contribution >= 4 is 21.5 Å². The molecule has 0 saturated heterocycles. The third-order valence-corrected chi connectivity index (χ3v) is 4.09. The second-order valence-corrected chi connectivity index (χ2v) is 6.53. The van der Waals surface area contributed by atoms with Gasteiger partial charge in [0, 0.05) is 6.54 Å². The Morgan fingerprint density at radius 2 is 2.12 bits per heavy atom. The minimum atomic E-state index is -3.79. The smallest absolute Gasteiger partial charge is 0.264 e. The van der Waals surface area contributed by atoms with Crippen molar-refractivity contribution in [2.75, 3.05) is 25.9 Å². The molecule has 0 radical (unpaired) electrons. The van der Waals surface area contributed by atoms with Crippen LogP contribution in [-0.4, -0.2) is 43.8 Å². The van der Waals surface area contributed by atoms with E-state index in [9.17, 15) is 8.42 Å². The van der Waals surface area contributed by atoms with Crippen molar-refractivity contribution in [3.8, 4) is 0 Å². The van der Waals surface area contributed by atoms with Gasteiger partial charge in [0.05, 0.1) is 5.75 Å². The van der Waals surface area contributed by atoms with Gasteiger partial charge in [-0.2, -0.15) is 19.8 Å². The van der Waals surface area contributed by atoms with E-state index in [2.05, 4.69) is 21.7 Å². The zero-order valence-corrected chi connectivity index (χ0v) is 11.6. The predicted molar refractivity (Wildman–Crippen MR) is 71.2 cm³/mol. The van der Waals surface area contributed by atoms with Gasteiger partial charge in [-0.15, -0.1) is 0 Å². The highest BCUT2D eigenvalue weighted by Crippen LogP contribution is 2.07. The van der Waals surface area contributed by atoms with E-state index < -0.39 is 10.1 Å². The molecule has 4 nitrogen and oxygen atoms in total. The molecule has 0 aliphatic rings. The molecule has 0 fully saturated rings. The second kappa shape index (κ2) is 7.10. The Hall–Kier alpha value is -0.430. The summed E-state index contributed by atoms with van der Waals surface area (Å²) in [5.41, 5.74) is 1.35. The van der Waals surface area contributed by atoms with Crippen molar-refractivity contribution in [3.05, 3.63) is 22.4 Å². The molecule has 0 amide bonds. The van der Waals surface area contributed by atoms with Gasteiger partial charge in [0.1, 0.15) is 0 Å². The van der Waals surface area contributed by atoms with Crippen LogP contribution in [0.5, 0.6) is 0 Å². The molecule has 0 unspecified atom stereocenters. The highest BCUT2D eigenvalue weighted by atomic mass is 32.2. The molecule has 17 heavy (non-hydrogen) atoms. The average molecular weight is 277 g/mol. The number of unbranched alkanes of at least 4 members (excludes halogenated alkanes) is 1. The van der Waals surface area contributed by atoms with Gasteiger partial charge in [-0.3, -0.25) is 4.55 Å². The van der Waals surface area contributed by atoms with Crippen LogP contribution in [0.2, 0.25) is 0 Å². The van der Waals surface area contributed by atoms with Crippen LogP contribution in [0, 0.1) is 0 Å². The molecule has 0 saturated carbocycles. The van der Waals surface area contributed by atoms with E-state index in [4.69, 9.17) is 4.55 Å². The van der Waals surface area contributed by atoms with Crippen LogP contribution in [-0.2, 0) is 16.5 Å². The summed E-state index contributed by atoms with van der Waals surface area (Å²) in [7, 11) is -1.76. The molecule has 98 valence electrons. The van der Waals surface area contributed by atoms with Gasteiger partial charge in [-0.05, 0) is 55.2 Å². The summed E-state index contributed by atoms with van der Waals surface area (Å²) in [5.74, 6) is -0.134. The first-order valence-electron chi connectivity index (χ1n) is 5.62. The molecule has 6 heteroatoms. The van der Waals surface area contributed by atoms with Crippen molar-refractivity contribution in [1.82, 2.24) is 4.90 Å². The molecule has 1 heterocycles. The Labute approximate surface area is 107 Å². The summed E-state index contributed by atoms with van der Waals surface area (Å²) in [6, 6.07) is 2.12. The van der Waals surface area contributed by atoms with Crippen molar-refractivity contribution in [1.29, 1.82) is 0 Å². The van der Waals surface area contributed by atoms with Gasteiger partial charge >= 0.3 is 0 Å². The van der Waals surface area contributed by atoms with Gasteiger partial charge in [0.15, 0.2) is 0 Å². The predicted octanol–water partition coefficient (Wildman–Crippen LogP) is 1.89. The molecule has 1 aromatic heterocycles. The molecule has 0 aromatic carbocycles. The largest absolute Gasteiger partial charge is 0.306 e. The Kier molecular flexibility index (Phi) is 6.11. The Balaban J connectivity index is 2.07. The van der Waals surface area contributed by atoms with E-state index in [1.807, 2.05) is 7.05 Å². The number of hydrogen-bond donors (Lipinski definition) is 1. The zero-order chi connectivity index (χ0) is 12.7. The first-order chi connectivity index (χ1) is 7.97. The average Bonchev–Trinajstić information content (AvgIpc) is 2.73. The maximum Gasteiger partial charge on any atom is 0.264 e. The molecule has 0 aliphatic carbocycles. The van der Waals surface area contributed by atoms with Crippen LogP contribution in [0.1, 0.15) is 18.4 Å². The van der Waals surface area contributed by atoms with E-state index >= 15 is 0 Å². The van der Waals surface area contributed by atoms with Crippen molar-refractivity contribution in [2.24, 2.45) is 0 Å². The molecular weight excluding hydrogens is 258 g/mol. The molecular formula is C11H19NO3S2. The number of thiophene rings is 1. The van der Waals surface area contributed by atoms with Crippen LogP contribution in [0.4, 0.5) is 0 Å². The third kappa shape index (κ3) is 7.49. The van der Waals surface area contributed by atoms with E-state index in [1.165, 1.54) is 5.56 Å². The number of rotatable bonds is 8. The minimum absolute atomic E-state index is 0.134. The summed E-state index contributed by atoms with van der Waals surface area (Å²) in [5, 5.41) is 4.22. The van der Waals surface area contributed by atoms with Crippen molar-refractivity contribution < 1.29 is 13.0 Å².